The minimum Gasteiger partial charge on any atom is -0.206 e. The molecule has 0 atom stereocenters. The highest BCUT2D eigenvalue weighted by molar-refractivity contribution is 7.91. The van der Waals surface area contributed by atoms with Gasteiger partial charge < -0.3 is 0 Å². The quantitative estimate of drug-likeness (QED) is 0.730. The maximum absolute atomic E-state index is 11.5. The predicted molar refractivity (Wildman–Crippen MR) is 49.9 cm³/mol. The number of thiophene rings is 1. The van der Waals surface area contributed by atoms with Gasteiger partial charge in [-0.3, -0.25) is 0 Å². The number of rotatable bonds is 2. The van der Waals surface area contributed by atoms with E-state index < -0.39 is 10.0 Å². The number of sulfonamides is 1. The summed E-state index contributed by atoms with van der Waals surface area (Å²) in [6, 6.07) is 3.44. The lowest BCUT2D eigenvalue weighted by molar-refractivity contribution is 0.523. The molecule has 0 aliphatic carbocycles. The van der Waals surface area contributed by atoms with E-state index in [9.17, 15) is 8.42 Å². The van der Waals surface area contributed by atoms with Gasteiger partial charge in [0.1, 0.15) is 4.21 Å². The summed E-state index contributed by atoms with van der Waals surface area (Å²) in [5.74, 6) is 0. The average molecular weight is 205 g/mol. The molecule has 0 N–H and O–H groups in total. The molecular weight excluding hydrogens is 194 g/mol. The predicted octanol–water partition coefficient (Wildman–Crippen LogP) is 1.31. The minimum absolute atomic E-state index is 0.407. The van der Waals surface area contributed by atoms with E-state index in [0.717, 1.165) is 4.88 Å². The minimum atomic E-state index is -3.20. The third-order valence-corrected chi connectivity index (χ3v) is 4.73. The molecule has 0 bridgehead atoms. The maximum atomic E-state index is 11.5. The molecule has 0 fully saturated rings. The van der Waals surface area contributed by atoms with Gasteiger partial charge in [-0.1, -0.05) is 0 Å². The highest BCUT2D eigenvalue weighted by Gasteiger charge is 2.18. The number of hydrogen-bond donors (Lipinski definition) is 0. The smallest absolute Gasteiger partial charge is 0.206 e. The number of nitrogens with zero attached hydrogens (tertiary/aromatic N) is 1. The SMILES string of the molecule is Cc1ccc(S(=O)(=O)N(C)C)s1. The van der Waals surface area contributed by atoms with Crippen molar-refractivity contribution in [2.75, 3.05) is 14.1 Å². The van der Waals surface area contributed by atoms with Crippen LogP contribution < -0.4 is 0 Å². The summed E-state index contributed by atoms with van der Waals surface area (Å²) in [4.78, 5) is 1.01. The normalized spacial score (nSPS) is 12.3. The van der Waals surface area contributed by atoms with Gasteiger partial charge in [-0.15, -0.1) is 11.3 Å². The molecule has 0 aromatic carbocycles. The Morgan fingerprint density at radius 2 is 1.92 bits per heavy atom. The lowest BCUT2D eigenvalue weighted by Gasteiger charge is -2.07. The van der Waals surface area contributed by atoms with Gasteiger partial charge in [0.2, 0.25) is 0 Å². The van der Waals surface area contributed by atoms with Gasteiger partial charge in [0.15, 0.2) is 0 Å². The second-order valence-corrected chi connectivity index (χ2v) is 6.32. The van der Waals surface area contributed by atoms with Crippen molar-refractivity contribution in [1.82, 2.24) is 4.31 Å². The van der Waals surface area contributed by atoms with Gasteiger partial charge in [-0.2, -0.15) is 0 Å². The maximum Gasteiger partial charge on any atom is 0.252 e. The number of aryl methyl sites for hydroxylation is 1. The monoisotopic (exact) mass is 205 g/mol. The molecular formula is C7H11NO2S2. The van der Waals surface area contributed by atoms with E-state index in [0.29, 0.717) is 4.21 Å². The summed E-state index contributed by atoms with van der Waals surface area (Å²) in [6.07, 6.45) is 0. The highest BCUT2D eigenvalue weighted by Crippen LogP contribution is 2.22. The fourth-order valence-electron chi connectivity index (χ4n) is 0.731. The Kier molecular flexibility index (Phi) is 2.55. The molecule has 1 aromatic rings. The molecule has 0 unspecified atom stereocenters. The van der Waals surface area contributed by atoms with Crippen molar-refractivity contribution in [3.05, 3.63) is 17.0 Å². The van der Waals surface area contributed by atoms with Crippen molar-refractivity contribution in [2.24, 2.45) is 0 Å². The second kappa shape index (κ2) is 3.16. The van der Waals surface area contributed by atoms with E-state index in [1.165, 1.54) is 29.7 Å². The van der Waals surface area contributed by atoms with E-state index >= 15 is 0 Å². The zero-order valence-electron chi connectivity index (χ0n) is 7.23. The summed E-state index contributed by atoms with van der Waals surface area (Å²) in [5, 5.41) is 0. The molecule has 0 amide bonds. The van der Waals surface area contributed by atoms with Crippen LogP contribution in [0.15, 0.2) is 16.3 Å². The van der Waals surface area contributed by atoms with Gasteiger partial charge in [0.25, 0.3) is 10.0 Å². The van der Waals surface area contributed by atoms with E-state index in [-0.39, 0.29) is 0 Å². The van der Waals surface area contributed by atoms with Gasteiger partial charge in [-0.25, -0.2) is 12.7 Å². The summed E-state index contributed by atoms with van der Waals surface area (Å²) in [6.45, 7) is 1.89. The van der Waals surface area contributed by atoms with Crippen molar-refractivity contribution in [2.45, 2.75) is 11.1 Å². The van der Waals surface area contributed by atoms with Gasteiger partial charge in [-0.05, 0) is 19.1 Å². The molecule has 0 radical (unpaired) electrons. The molecule has 1 aromatic heterocycles. The lowest BCUT2D eigenvalue weighted by atomic mass is 10.5. The Hall–Kier alpha value is -0.390. The third-order valence-electron chi connectivity index (χ3n) is 1.45. The molecule has 3 nitrogen and oxygen atoms in total. The Morgan fingerprint density at radius 3 is 2.25 bits per heavy atom. The van der Waals surface area contributed by atoms with Crippen LogP contribution in [0.1, 0.15) is 4.88 Å². The molecule has 1 heterocycles. The Labute approximate surface area is 76.7 Å². The van der Waals surface area contributed by atoms with E-state index in [1.807, 2.05) is 6.92 Å². The first-order chi connectivity index (χ1) is 5.44. The molecule has 0 aliphatic heterocycles. The highest BCUT2D eigenvalue weighted by atomic mass is 32.2. The van der Waals surface area contributed by atoms with Crippen molar-refractivity contribution in [1.29, 1.82) is 0 Å². The zero-order valence-corrected chi connectivity index (χ0v) is 8.87. The molecule has 1 rings (SSSR count). The van der Waals surface area contributed by atoms with Crippen LogP contribution in [-0.2, 0) is 10.0 Å². The summed E-state index contributed by atoms with van der Waals surface area (Å²) in [5.41, 5.74) is 0. The standard InChI is InChI=1S/C7H11NO2S2/c1-6-4-5-7(11-6)12(9,10)8(2)3/h4-5H,1-3H3. The first-order valence-corrected chi connectivity index (χ1v) is 5.69. The van der Waals surface area contributed by atoms with Crippen LogP contribution in [0.5, 0.6) is 0 Å². The molecule has 0 spiro atoms. The van der Waals surface area contributed by atoms with Crippen molar-refractivity contribution < 1.29 is 8.42 Å². The fourth-order valence-corrected chi connectivity index (χ4v) is 3.18. The van der Waals surface area contributed by atoms with E-state index in [2.05, 4.69) is 0 Å². The second-order valence-electron chi connectivity index (χ2n) is 2.65. The van der Waals surface area contributed by atoms with Crippen LogP contribution in [0, 0.1) is 6.92 Å². The van der Waals surface area contributed by atoms with Crippen LogP contribution >= 0.6 is 11.3 Å². The van der Waals surface area contributed by atoms with Crippen molar-refractivity contribution >= 4 is 21.4 Å². The first kappa shape index (κ1) is 9.70. The average Bonchev–Trinajstić information content (AvgIpc) is 2.35. The summed E-state index contributed by atoms with van der Waals surface area (Å²) in [7, 11) is -0.140. The molecule has 0 aliphatic rings. The van der Waals surface area contributed by atoms with Crippen LogP contribution in [0.4, 0.5) is 0 Å². The van der Waals surface area contributed by atoms with Gasteiger partial charge in [0.05, 0.1) is 0 Å². The number of hydrogen-bond acceptors (Lipinski definition) is 3. The Bertz CT molecular complexity index is 365. The van der Waals surface area contributed by atoms with Crippen LogP contribution in [0.2, 0.25) is 0 Å². The Morgan fingerprint density at radius 1 is 1.33 bits per heavy atom. The van der Waals surface area contributed by atoms with Crippen molar-refractivity contribution in [3.63, 3.8) is 0 Å². The largest absolute Gasteiger partial charge is 0.252 e. The summed E-state index contributed by atoms with van der Waals surface area (Å²) >= 11 is 1.29. The van der Waals surface area contributed by atoms with Crippen LogP contribution in [0.25, 0.3) is 0 Å². The molecule has 68 valence electrons. The molecule has 5 heteroatoms. The fraction of sp³-hybridized carbons (Fsp3) is 0.429. The van der Waals surface area contributed by atoms with Crippen molar-refractivity contribution in [3.8, 4) is 0 Å². The van der Waals surface area contributed by atoms with E-state index in [1.54, 1.807) is 12.1 Å². The molecule has 0 saturated carbocycles. The van der Waals surface area contributed by atoms with Crippen LogP contribution in [0.3, 0.4) is 0 Å². The summed E-state index contributed by atoms with van der Waals surface area (Å²) < 4.78 is 24.6. The Balaban J connectivity index is 3.15. The van der Waals surface area contributed by atoms with Crippen LogP contribution in [-0.4, -0.2) is 26.8 Å². The van der Waals surface area contributed by atoms with Gasteiger partial charge >= 0.3 is 0 Å². The topological polar surface area (TPSA) is 37.4 Å². The lowest BCUT2D eigenvalue weighted by Crippen LogP contribution is -2.21. The molecule has 0 saturated heterocycles. The molecule has 12 heavy (non-hydrogen) atoms. The first-order valence-electron chi connectivity index (χ1n) is 3.43. The van der Waals surface area contributed by atoms with E-state index in [4.69, 9.17) is 0 Å². The third kappa shape index (κ3) is 1.68. The zero-order chi connectivity index (χ0) is 9.35. The van der Waals surface area contributed by atoms with Gasteiger partial charge in [0, 0.05) is 19.0 Å².